The van der Waals surface area contributed by atoms with Crippen LogP contribution in [0.1, 0.15) is 27.7 Å². The summed E-state index contributed by atoms with van der Waals surface area (Å²) in [6.45, 7) is 16.5. The molecule has 0 spiro atoms. The molecule has 0 aliphatic carbocycles. The lowest BCUT2D eigenvalue weighted by atomic mass is 10.0. The Hall–Kier alpha value is -0.650. The number of nitrogens with zero attached hydrogens (tertiary/aromatic N) is 3. The van der Waals surface area contributed by atoms with Crippen LogP contribution >= 0.6 is 0 Å². The van der Waals surface area contributed by atoms with Gasteiger partial charge in [-0.3, -0.25) is 14.6 Å². The zero-order valence-electron chi connectivity index (χ0n) is 13.5. The summed E-state index contributed by atoms with van der Waals surface area (Å²) in [6, 6.07) is 0.0262. The number of carbonyl (C=O) groups excluding carboxylic acids is 1. The standard InChI is InChI=1S/C15H30N4O/c1-13(17-7-5-16-6-8-17)14(20)18-9-11-19(12-10-18)15(2,3)4/h13,16H,5-12H2,1-4H3. The molecule has 2 aliphatic rings. The van der Waals surface area contributed by atoms with Gasteiger partial charge in [0.1, 0.15) is 0 Å². The van der Waals surface area contributed by atoms with Crippen molar-refractivity contribution in [3.05, 3.63) is 0 Å². The molecule has 1 amide bonds. The summed E-state index contributed by atoms with van der Waals surface area (Å²) in [4.78, 5) is 19.4. The molecule has 1 atom stereocenters. The van der Waals surface area contributed by atoms with Gasteiger partial charge in [0.05, 0.1) is 6.04 Å². The zero-order valence-corrected chi connectivity index (χ0v) is 13.5. The number of nitrogens with one attached hydrogen (secondary N) is 1. The van der Waals surface area contributed by atoms with E-state index in [1.807, 2.05) is 0 Å². The van der Waals surface area contributed by atoms with Gasteiger partial charge in [-0.1, -0.05) is 0 Å². The molecular formula is C15H30N4O. The molecule has 5 heteroatoms. The molecule has 2 rings (SSSR count). The van der Waals surface area contributed by atoms with E-state index in [1.165, 1.54) is 0 Å². The van der Waals surface area contributed by atoms with Crippen molar-refractivity contribution in [2.24, 2.45) is 0 Å². The summed E-state index contributed by atoms with van der Waals surface area (Å²) in [7, 11) is 0. The van der Waals surface area contributed by atoms with Crippen LogP contribution in [0.2, 0.25) is 0 Å². The van der Waals surface area contributed by atoms with Crippen molar-refractivity contribution in [3.63, 3.8) is 0 Å². The van der Waals surface area contributed by atoms with Crippen molar-refractivity contribution in [1.29, 1.82) is 0 Å². The van der Waals surface area contributed by atoms with Gasteiger partial charge in [-0.25, -0.2) is 0 Å². The molecule has 5 nitrogen and oxygen atoms in total. The molecule has 20 heavy (non-hydrogen) atoms. The molecule has 1 N–H and O–H groups in total. The lowest BCUT2D eigenvalue weighted by Crippen LogP contribution is -2.59. The molecular weight excluding hydrogens is 252 g/mol. The summed E-state index contributed by atoms with van der Waals surface area (Å²) in [5, 5.41) is 3.34. The van der Waals surface area contributed by atoms with E-state index in [1.54, 1.807) is 0 Å². The molecule has 2 heterocycles. The molecule has 0 saturated carbocycles. The topological polar surface area (TPSA) is 38.8 Å². The average molecular weight is 282 g/mol. The Bertz CT molecular complexity index is 325. The minimum absolute atomic E-state index is 0.0262. The quantitative estimate of drug-likeness (QED) is 0.786. The maximum absolute atomic E-state index is 12.6. The second-order valence-corrected chi connectivity index (χ2v) is 6.95. The van der Waals surface area contributed by atoms with Gasteiger partial charge < -0.3 is 10.2 Å². The fourth-order valence-electron chi connectivity index (χ4n) is 3.09. The molecule has 2 aliphatic heterocycles. The summed E-state index contributed by atoms with van der Waals surface area (Å²) >= 11 is 0. The van der Waals surface area contributed by atoms with Crippen LogP contribution < -0.4 is 5.32 Å². The Balaban J connectivity index is 1.85. The van der Waals surface area contributed by atoms with Gasteiger partial charge in [0.25, 0.3) is 0 Å². The van der Waals surface area contributed by atoms with Crippen LogP contribution in [0, 0.1) is 0 Å². The second kappa shape index (κ2) is 6.41. The molecule has 0 aromatic rings. The second-order valence-electron chi connectivity index (χ2n) is 6.95. The Morgan fingerprint density at radius 2 is 1.55 bits per heavy atom. The molecule has 116 valence electrons. The monoisotopic (exact) mass is 282 g/mol. The summed E-state index contributed by atoms with van der Waals surface area (Å²) in [5.41, 5.74) is 0.208. The van der Waals surface area contributed by atoms with Gasteiger partial charge in [0, 0.05) is 57.9 Å². The van der Waals surface area contributed by atoms with Crippen LogP contribution in [0.3, 0.4) is 0 Å². The molecule has 0 aromatic heterocycles. The van der Waals surface area contributed by atoms with Gasteiger partial charge in [-0.05, 0) is 27.7 Å². The zero-order chi connectivity index (χ0) is 14.8. The van der Waals surface area contributed by atoms with Crippen LogP contribution in [0.15, 0.2) is 0 Å². The maximum atomic E-state index is 12.6. The first-order valence-electron chi connectivity index (χ1n) is 7.88. The van der Waals surface area contributed by atoms with Crippen LogP contribution in [0.4, 0.5) is 0 Å². The number of hydrogen-bond acceptors (Lipinski definition) is 4. The third-order valence-electron chi connectivity index (χ3n) is 4.60. The highest BCUT2D eigenvalue weighted by atomic mass is 16.2. The highest BCUT2D eigenvalue weighted by Gasteiger charge is 2.31. The lowest BCUT2D eigenvalue weighted by molar-refractivity contribution is -0.139. The largest absolute Gasteiger partial charge is 0.339 e. The van der Waals surface area contributed by atoms with Crippen LogP contribution in [0.25, 0.3) is 0 Å². The minimum Gasteiger partial charge on any atom is -0.339 e. The molecule has 0 bridgehead atoms. The van der Waals surface area contributed by atoms with E-state index >= 15 is 0 Å². The van der Waals surface area contributed by atoms with E-state index in [0.717, 1.165) is 52.4 Å². The van der Waals surface area contributed by atoms with Crippen LogP contribution in [-0.4, -0.2) is 84.5 Å². The normalized spacial score (nSPS) is 24.7. The number of amides is 1. The highest BCUT2D eigenvalue weighted by Crippen LogP contribution is 2.17. The Kier molecular flexibility index (Phi) is 5.04. The van der Waals surface area contributed by atoms with E-state index < -0.39 is 0 Å². The summed E-state index contributed by atoms with van der Waals surface area (Å²) < 4.78 is 0. The number of carbonyl (C=O) groups is 1. The van der Waals surface area contributed by atoms with E-state index in [4.69, 9.17) is 0 Å². The van der Waals surface area contributed by atoms with E-state index in [-0.39, 0.29) is 11.6 Å². The first-order chi connectivity index (χ1) is 9.39. The smallest absolute Gasteiger partial charge is 0.239 e. The SMILES string of the molecule is CC(C(=O)N1CCN(C(C)(C)C)CC1)N1CCNCC1. The van der Waals surface area contributed by atoms with Gasteiger partial charge in [-0.15, -0.1) is 0 Å². The Labute approximate surface area is 123 Å². The fourth-order valence-corrected chi connectivity index (χ4v) is 3.09. The lowest BCUT2D eigenvalue weighted by Gasteiger charge is -2.43. The van der Waals surface area contributed by atoms with Crippen LogP contribution in [-0.2, 0) is 4.79 Å². The molecule has 1 unspecified atom stereocenters. The summed E-state index contributed by atoms with van der Waals surface area (Å²) in [6.07, 6.45) is 0. The van der Waals surface area contributed by atoms with Crippen molar-refractivity contribution < 1.29 is 4.79 Å². The van der Waals surface area contributed by atoms with Crippen molar-refractivity contribution in [3.8, 4) is 0 Å². The third kappa shape index (κ3) is 3.71. The molecule has 0 aromatic carbocycles. The number of hydrogen-bond donors (Lipinski definition) is 1. The van der Waals surface area contributed by atoms with Gasteiger partial charge in [-0.2, -0.15) is 0 Å². The molecule has 0 radical (unpaired) electrons. The fraction of sp³-hybridized carbons (Fsp3) is 0.933. The predicted octanol–water partition coefficient (Wildman–Crippen LogP) is 0.223. The van der Waals surface area contributed by atoms with Gasteiger partial charge in [0.2, 0.25) is 5.91 Å². The summed E-state index contributed by atoms with van der Waals surface area (Å²) in [5.74, 6) is 0.306. The van der Waals surface area contributed by atoms with Crippen LogP contribution in [0.5, 0.6) is 0 Å². The molecule has 2 fully saturated rings. The highest BCUT2D eigenvalue weighted by molar-refractivity contribution is 5.81. The van der Waals surface area contributed by atoms with Crippen molar-refractivity contribution >= 4 is 5.91 Å². The van der Waals surface area contributed by atoms with Crippen molar-refractivity contribution in [1.82, 2.24) is 20.0 Å². The van der Waals surface area contributed by atoms with Crippen molar-refractivity contribution in [2.75, 3.05) is 52.4 Å². The Morgan fingerprint density at radius 3 is 2.05 bits per heavy atom. The van der Waals surface area contributed by atoms with Gasteiger partial charge in [0.15, 0.2) is 0 Å². The first kappa shape index (κ1) is 15.7. The average Bonchev–Trinajstić information content (AvgIpc) is 2.46. The third-order valence-corrected chi connectivity index (χ3v) is 4.60. The Morgan fingerprint density at radius 1 is 1.00 bits per heavy atom. The van der Waals surface area contributed by atoms with Gasteiger partial charge >= 0.3 is 0 Å². The van der Waals surface area contributed by atoms with E-state index in [0.29, 0.717) is 5.91 Å². The number of rotatable bonds is 2. The predicted molar refractivity (Wildman–Crippen MR) is 81.8 cm³/mol. The van der Waals surface area contributed by atoms with Crippen molar-refractivity contribution in [2.45, 2.75) is 39.3 Å². The van der Waals surface area contributed by atoms with E-state index in [2.05, 4.69) is 47.7 Å². The molecule has 2 saturated heterocycles. The minimum atomic E-state index is 0.0262. The van der Waals surface area contributed by atoms with E-state index in [9.17, 15) is 4.79 Å². The first-order valence-corrected chi connectivity index (χ1v) is 7.88. The number of piperazine rings is 2. The maximum Gasteiger partial charge on any atom is 0.239 e.